The van der Waals surface area contributed by atoms with Crippen LogP contribution >= 0.6 is 0 Å². The Morgan fingerprint density at radius 3 is 2.04 bits per heavy atom. The number of hydrogen-bond acceptors (Lipinski definition) is 5. The van der Waals surface area contributed by atoms with E-state index in [0.29, 0.717) is 25.7 Å². The standard InChI is InChI=1S/C22H29NO5/c1-22(2,3)16(24)11-28-21(27)12-6-8-15(9-7-12)23-19(25)17-13-4-5-14(10-13)18(17)20(23)26/h4-5,12-15,17-18H,6-11H2,1-3H3/t12?,13-,14-,15?,17-,18-/m0/s1. The quantitative estimate of drug-likeness (QED) is 0.421. The second-order valence-corrected chi connectivity index (χ2v) is 9.83. The molecule has 6 nitrogen and oxygen atoms in total. The largest absolute Gasteiger partial charge is 0.457 e. The molecule has 2 bridgehead atoms. The molecule has 6 heteroatoms. The molecule has 4 aliphatic rings. The molecule has 1 aliphatic heterocycles. The number of carbonyl (C=O) groups excluding carboxylic acids is 4. The van der Waals surface area contributed by atoms with Crippen molar-refractivity contribution in [3.8, 4) is 0 Å². The maximum Gasteiger partial charge on any atom is 0.309 e. The van der Waals surface area contributed by atoms with Crippen LogP contribution in [0.4, 0.5) is 0 Å². The second kappa shape index (κ2) is 6.82. The molecular weight excluding hydrogens is 358 g/mol. The highest BCUT2D eigenvalue weighted by Crippen LogP contribution is 2.53. The molecule has 3 aliphatic carbocycles. The maximum absolute atomic E-state index is 12.9. The van der Waals surface area contributed by atoms with Crippen molar-refractivity contribution < 1.29 is 23.9 Å². The Kier molecular flexibility index (Phi) is 4.71. The average Bonchev–Trinajstić information content (AvgIpc) is 3.32. The summed E-state index contributed by atoms with van der Waals surface area (Å²) in [5.41, 5.74) is -0.527. The monoisotopic (exact) mass is 387 g/mol. The van der Waals surface area contributed by atoms with Gasteiger partial charge in [-0.25, -0.2) is 0 Å². The van der Waals surface area contributed by atoms with E-state index in [1.165, 1.54) is 4.90 Å². The number of ketones is 1. The van der Waals surface area contributed by atoms with Gasteiger partial charge >= 0.3 is 5.97 Å². The molecule has 1 saturated heterocycles. The molecular formula is C22H29NO5. The van der Waals surface area contributed by atoms with Crippen molar-refractivity contribution in [2.45, 2.75) is 58.9 Å². The smallest absolute Gasteiger partial charge is 0.309 e. The first kappa shape index (κ1) is 19.3. The third-order valence-corrected chi connectivity index (χ3v) is 7.08. The number of hydrogen-bond donors (Lipinski definition) is 0. The summed E-state index contributed by atoms with van der Waals surface area (Å²) in [5.74, 6) is -0.572. The van der Waals surface area contributed by atoms with E-state index in [2.05, 4.69) is 12.2 Å². The number of ether oxygens (including phenoxy) is 1. The Balaban J connectivity index is 1.31. The second-order valence-electron chi connectivity index (χ2n) is 9.83. The van der Waals surface area contributed by atoms with Gasteiger partial charge in [0.2, 0.25) is 11.8 Å². The summed E-state index contributed by atoms with van der Waals surface area (Å²) in [4.78, 5) is 51.6. The van der Waals surface area contributed by atoms with Crippen molar-refractivity contribution >= 4 is 23.6 Å². The third-order valence-electron chi connectivity index (χ3n) is 7.08. The number of imide groups is 1. The molecule has 0 aromatic rings. The van der Waals surface area contributed by atoms with E-state index in [1.54, 1.807) is 20.8 Å². The van der Waals surface area contributed by atoms with E-state index >= 15 is 0 Å². The zero-order chi connectivity index (χ0) is 20.2. The van der Waals surface area contributed by atoms with Crippen molar-refractivity contribution in [2.75, 3.05) is 6.61 Å². The molecule has 1 heterocycles. The van der Waals surface area contributed by atoms with Crippen molar-refractivity contribution in [2.24, 2.45) is 35.0 Å². The van der Waals surface area contributed by atoms with Gasteiger partial charge in [-0.3, -0.25) is 24.1 Å². The van der Waals surface area contributed by atoms with Crippen molar-refractivity contribution in [1.29, 1.82) is 0 Å². The molecule has 0 aromatic carbocycles. The number of esters is 1. The van der Waals surface area contributed by atoms with Crippen molar-refractivity contribution in [3.63, 3.8) is 0 Å². The predicted octanol–water partition coefficient (Wildman–Crippen LogP) is 2.51. The molecule has 4 rings (SSSR count). The molecule has 0 radical (unpaired) electrons. The molecule has 3 fully saturated rings. The van der Waals surface area contributed by atoms with Gasteiger partial charge in [0.05, 0.1) is 17.8 Å². The summed E-state index contributed by atoms with van der Waals surface area (Å²) in [7, 11) is 0. The van der Waals surface area contributed by atoms with Crippen LogP contribution in [0.15, 0.2) is 12.2 Å². The van der Waals surface area contributed by atoms with Gasteiger partial charge < -0.3 is 4.74 Å². The van der Waals surface area contributed by atoms with Crippen LogP contribution in [0, 0.1) is 35.0 Å². The molecule has 0 N–H and O–H groups in total. The topological polar surface area (TPSA) is 80.8 Å². The highest BCUT2D eigenvalue weighted by molar-refractivity contribution is 6.06. The minimum absolute atomic E-state index is 0.00588. The van der Waals surface area contributed by atoms with Crippen molar-refractivity contribution in [3.05, 3.63) is 12.2 Å². The Bertz CT molecular complexity index is 711. The lowest BCUT2D eigenvalue weighted by molar-refractivity contribution is -0.155. The van der Waals surface area contributed by atoms with Gasteiger partial charge in [0, 0.05) is 11.5 Å². The number of fused-ring (bicyclic) bond motifs is 5. The number of likely N-dealkylation sites (tertiary alicyclic amines) is 1. The number of rotatable bonds is 4. The van der Waals surface area contributed by atoms with E-state index in [4.69, 9.17) is 4.74 Å². The van der Waals surface area contributed by atoms with Crippen LogP contribution in [0.3, 0.4) is 0 Å². The molecule has 28 heavy (non-hydrogen) atoms. The summed E-state index contributed by atoms with van der Waals surface area (Å²) < 4.78 is 5.23. The van der Waals surface area contributed by atoms with Gasteiger partial charge in [0.1, 0.15) is 0 Å². The molecule has 2 amide bonds. The van der Waals surface area contributed by atoms with Gasteiger partial charge in [-0.15, -0.1) is 0 Å². The highest BCUT2D eigenvalue weighted by atomic mass is 16.5. The Morgan fingerprint density at radius 1 is 1.00 bits per heavy atom. The van der Waals surface area contributed by atoms with Gasteiger partial charge in [0.15, 0.2) is 12.4 Å². The average molecular weight is 387 g/mol. The van der Waals surface area contributed by atoms with Crippen LogP contribution in [0.25, 0.3) is 0 Å². The van der Waals surface area contributed by atoms with Crippen molar-refractivity contribution in [1.82, 2.24) is 4.90 Å². The Labute approximate surface area is 165 Å². The van der Waals surface area contributed by atoms with E-state index in [9.17, 15) is 19.2 Å². The lowest BCUT2D eigenvalue weighted by atomic mass is 9.85. The number of Topliss-reactive ketones (excluding diaryl/α,β-unsaturated/α-hetero) is 1. The van der Waals surface area contributed by atoms with Crippen LogP contribution in [0.2, 0.25) is 0 Å². The fraction of sp³-hybridized carbons (Fsp3) is 0.727. The summed E-state index contributed by atoms with van der Waals surface area (Å²) >= 11 is 0. The molecule has 2 saturated carbocycles. The lowest BCUT2D eigenvalue weighted by Gasteiger charge is -2.33. The fourth-order valence-electron chi connectivity index (χ4n) is 5.33. The van der Waals surface area contributed by atoms with Crippen LogP contribution < -0.4 is 0 Å². The number of nitrogens with zero attached hydrogens (tertiary/aromatic N) is 1. The summed E-state index contributed by atoms with van der Waals surface area (Å²) in [6.45, 7) is 5.21. The zero-order valence-electron chi connectivity index (χ0n) is 16.8. The minimum Gasteiger partial charge on any atom is -0.457 e. The first-order valence-corrected chi connectivity index (χ1v) is 10.4. The summed E-state index contributed by atoms with van der Waals surface area (Å²) in [5, 5.41) is 0. The van der Waals surface area contributed by atoms with E-state index in [1.807, 2.05) is 0 Å². The van der Waals surface area contributed by atoms with Gasteiger partial charge in [0.25, 0.3) is 0 Å². The number of carbonyl (C=O) groups is 4. The molecule has 0 unspecified atom stereocenters. The first-order valence-electron chi connectivity index (χ1n) is 10.4. The zero-order valence-corrected chi connectivity index (χ0v) is 16.8. The Morgan fingerprint density at radius 2 is 1.54 bits per heavy atom. The SMILES string of the molecule is CC(C)(C)C(=O)COC(=O)C1CCC(N2C(=O)[C@@H]3[C@@H](C2=O)[C@H]2C=C[C@H]3C2)CC1. The molecule has 152 valence electrons. The fourth-order valence-corrected chi connectivity index (χ4v) is 5.33. The number of allylic oxidation sites excluding steroid dienone is 2. The molecule has 0 aromatic heterocycles. The minimum atomic E-state index is -0.527. The number of amides is 2. The summed E-state index contributed by atoms with van der Waals surface area (Å²) in [6.07, 6.45) is 7.58. The molecule has 4 atom stereocenters. The van der Waals surface area contributed by atoms with Gasteiger partial charge in [-0.05, 0) is 43.9 Å². The Hall–Kier alpha value is -1.98. The van der Waals surface area contributed by atoms with Crippen LogP contribution in [0.1, 0.15) is 52.9 Å². The normalized spacial score (nSPS) is 36.8. The van der Waals surface area contributed by atoms with Crippen LogP contribution in [-0.2, 0) is 23.9 Å². The van der Waals surface area contributed by atoms with E-state index in [0.717, 1.165) is 6.42 Å². The first-order chi connectivity index (χ1) is 13.2. The lowest BCUT2D eigenvalue weighted by Crippen LogP contribution is -2.44. The maximum atomic E-state index is 12.9. The van der Waals surface area contributed by atoms with Crippen LogP contribution in [-0.4, -0.2) is 41.1 Å². The van der Waals surface area contributed by atoms with Crippen LogP contribution in [0.5, 0.6) is 0 Å². The predicted molar refractivity (Wildman–Crippen MR) is 101 cm³/mol. The van der Waals surface area contributed by atoms with Gasteiger partial charge in [-0.2, -0.15) is 0 Å². The highest BCUT2D eigenvalue weighted by Gasteiger charge is 2.60. The van der Waals surface area contributed by atoms with E-state index in [-0.39, 0.29) is 65.8 Å². The van der Waals surface area contributed by atoms with E-state index < -0.39 is 5.41 Å². The summed E-state index contributed by atoms with van der Waals surface area (Å²) in [6, 6.07) is -0.106. The molecule has 0 spiro atoms. The third kappa shape index (κ3) is 3.11. The van der Waals surface area contributed by atoms with Gasteiger partial charge in [-0.1, -0.05) is 32.9 Å².